The first kappa shape index (κ1) is 28.7. The van der Waals surface area contributed by atoms with Gasteiger partial charge >= 0.3 is 0 Å². The Morgan fingerprint density at radius 3 is 2.49 bits per heavy atom. The van der Waals surface area contributed by atoms with Gasteiger partial charge in [-0.2, -0.15) is 5.10 Å². The van der Waals surface area contributed by atoms with E-state index in [1.165, 1.54) is 0 Å². The highest BCUT2D eigenvalue weighted by Crippen LogP contribution is 2.23. The molecule has 43 heavy (non-hydrogen) atoms. The lowest BCUT2D eigenvalue weighted by atomic mass is 10.1. The van der Waals surface area contributed by atoms with Gasteiger partial charge in [-0.1, -0.05) is 30.3 Å². The summed E-state index contributed by atoms with van der Waals surface area (Å²) in [6, 6.07) is 8.69. The Morgan fingerprint density at radius 1 is 0.953 bits per heavy atom. The summed E-state index contributed by atoms with van der Waals surface area (Å²) < 4.78 is 7.18. The Kier molecular flexibility index (Phi) is 8.59. The van der Waals surface area contributed by atoms with Crippen LogP contribution in [0.4, 0.5) is 5.95 Å². The number of carbonyl (C=O) groups excluding carboxylic acids is 3. The third-order valence-corrected chi connectivity index (χ3v) is 8.22. The molecule has 3 aromatic rings. The van der Waals surface area contributed by atoms with Crippen molar-refractivity contribution in [3.05, 3.63) is 54.1 Å². The highest BCUT2D eigenvalue weighted by atomic mass is 16.5. The maximum absolute atomic E-state index is 13.8. The maximum Gasteiger partial charge on any atom is 0.257 e. The normalized spacial score (nSPS) is 22.0. The van der Waals surface area contributed by atoms with Gasteiger partial charge in [0.15, 0.2) is 5.82 Å². The van der Waals surface area contributed by atoms with Gasteiger partial charge in [0.05, 0.1) is 31.4 Å². The van der Waals surface area contributed by atoms with Crippen molar-refractivity contribution in [2.75, 3.05) is 50.8 Å². The second-order valence-corrected chi connectivity index (χ2v) is 11.1. The molecule has 5 heterocycles. The molecular formula is C30H37N9O4. The Balaban J connectivity index is 1.28. The number of benzene rings is 1. The summed E-state index contributed by atoms with van der Waals surface area (Å²) in [5.41, 5.74) is 1.24. The predicted molar refractivity (Wildman–Crippen MR) is 157 cm³/mol. The highest BCUT2D eigenvalue weighted by molar-refractivity contribution is 5.94. The van der Waals surface area contributed by atoms with E-state index in [9.17, 15) is 14.4 Å². The molecule has 2 aromatic heterocycles. The molecule has 3 aliphatic heterocycles. The summed E-state index contributed by atoms with van der Waals surface area (Å²) in [5, 5.41) is 7.86. The van der Waals surface area contributed by atoms with E-state index < -0.39 is 12.1 Å². The zero-order valence-electron chi connectivity index (χ0n) is 24.4. The van der Waals surface area contributed by atoms with E-state index in [0.29, 0.717) is 88.5 Å². The molecule has 0 radical (unpaired) electrons. The summed E-state index contributed by atoms with van der Waals surface area (Å²) in [5.74, 6) is 1.25. The summed E-state index contributed by atoms with van der Waals surface area (Å²) in [4.78, 5) is 59.4. The Bertz CT molecular complexity index is 1440. The number of hydrogen-bond donors (Lipinski definition) is 1. The van der Waals surface area contributed by atoms with Crippen molar-refractivity contribution in [3.63, 3.8) is 0 Å². The number of rotatable bonds is 3. The van der Waals surface area contributed by atoms with Gasteiger partial charge in [0.1, 0.15) is 11.9 Å². The molecule has 2 atom stereocenters. The number of nitrogens with zero attached hydrogens (tertiary/aromatic N) is 8. The molecule has 226 valence electrons. The van der Waals surface area contributed by atoms with Crippen molar-refractivity contribution in [1.29, 1.82) is 0 Å². The van der Waals surface area contributed by atoms with E-state index in [-0.39, 0.29) is 24.1 Å². The van der Waals surface area contributed by atoms with E-state index in [0.717, 1.165) is 12.0 Å². The molecular weight excluding hydrogens is 550 g/mol. The lowest BCUT2D eigenvalue weighted by Gasteiger charge is -2.28. The lowest BCUT2D eigenvalue weighted by molar-refractivity contribution is -0.138. The van der Waals surface area contributed by atoms with Gasteiger partial charge in [-0.3, -0.25) is 14.4 Å². The fourth-order valence-corrected chi connectivity index (χ4v) is 5.90. The Hall–Kier alpha value is -4.39. The molecule has 13 nitrogen and oxygen atoms in total. The van der Waals surface area contributed by atoms with Crippen LogP contribution in [0.2, 0.25) is 0 Å². The van der Waals surface area contributed by atoms with Crippen molar-refractivity contribution in [3.8, 4) is 11.4 Å². The van der Waals surface area contributed by atoms with Crippen LogP contribution in [0.5, 0.6) is 0 Å². The molecule has 6 rings (SSSR count). The third-order valence-electron chi connectivity index (χ3n) is 8.22. The number of fused-ring (bicyclic) bond motifs is 2. The number of nitrogens with one attached hydrogen (secondary N) is 1. The Morgan fingerprint density at radius 2 is 1.72 bits per heavy atom. The van der Waals surface area contributed by atoms with E-state index in [1.807, 2.05) is 42.2 Å². The van der Waals surface area contributed by atoms with Gasteiger partial charge in [-0.25, -0.2) is 19.6 Å². The van der Waals surface area contributed by atoms with Gasteiger partial charge in [0, 0.05) is 57.1 Å². The Labute approximate surface area is 250 Å². The third kappa shape index (κ3) is 6.36. The lowest BCUT2D eigenvalue weighted by Crippen LogP contribution is -2.47. The van der Waals surface area contributed by atoms with E-state index >= 15 is 0 Å². The molecule has 0 saturated carbocycles. The SMILES string of the molecule is C[C@@H]1NC(=O)[C@@H]2CCCN2C(=O)CCCN(C(=O)c2cnc(N3CCOCC3)nc2)CCn2nc(-c3ccccc3)nc21. The zero-order valence-corrected chi connectivity index (χ0v) is 24.4. The molecule has 0 aliphatic carbocycles. The zero-order chi connectivity index (χ0) is 29.8. The van der Waals surface area contributed by atoms with Crippen LogP contribution in [0, 0.1) is 0 Å². The summed E-state index contributed by atoms with van der Waals surface area (Å²) in [7, 11) is 0. The maximum atomic E-state index is 13.8. The van der Waals surface area contributed by atoms with Crippen LogP contribution in [0.25, 0.3) is 11.4 Å². The van der Waals surface area contributed by atoms with Crippen LogP contribution in [-0.2, 0) is 20.9 Å². The van der Waals surface area contributed by atoms with E-state index in [1.54, 1.807) is 26.9 Å². The number of aromatic nitrogens is 5. The van der Waals surface area contributed by atoms with Crippen LogP contribution in [0.1, 0.15) is 54.8 Å². The second-order valence-electron chi connectivity index (χ2n) is 11.1. The van der Waals surface area contributed by atoms with E-state index in [2.05, 4.69) is 15.3 Å². The average Bonchev–Trinajstić information content (AvgIpc) is 3.71. The molecule has 0 spiro atoms. The summed E-state index contributed by atoms with van der Waals surface area (Å²) in [6.07, 6.45) is 5.25. The van der Waals surface area contributed by atoms with Crippen molar-refractivity contribution >= 4 is 23.7 Å². The minimum atomic E-state index is -0.511. The van der Waals surface area contributed by atoms with Crippen molar-refractivity contribution < 1.29 is 19.1 Å². The number of anilines is 1. The van der Waals surface area contributed by atoms with E-state index in [4.69, 9.17) is 14.8 Å². The molecule has 0 bridgehead atoms. The summed E-state index contributed by atoms with van der Waals surface area (Å²) in [6.45, 7) is 6.12. The van der Waals surface area contributed by atoms with Gasteiger partial charge in [-0.15, -0.1) is 0 Å². The van der Waals surface area contributed by atoms with Crippen molar-refractivity contribution in [2.45, 2.75) is 51.2 Å². The van der Waals surface area contributed by atoms with Crippen LogP contribution in [0.15, 0.2) is 42.7 Å². The highest BCUT2D eigenvalue weighted by Gasteiger charge is 2.35. The molecule has 0 unspecified atom stereocenters. The van der Waals surface area contributed by atoms with Gasteiger partial charge in [0.25, 0.3) is 5.91 Å². The average molecular weight is 588 g/mol. The van der Waals surface area contributed by atoms with Gasteiger partial charge < -0.3 is 24.8 Å². The number of morpholine rings is 1. The smallest absolute Gasteiger partial charge is 0.257 e. The first-order valence-electron chi connectivity index (χ1n) is 15.0. The molecule has 13 heteroatoms. The standard InChI is InChI=1S/C30H37N9O4/c1-21-27-34-26(22-7-3-2-4-8-22)35-39(27)14-13-36(11-6-10-25(40)38-12-5-9-24(38)28(41)33-21)29(42)23-19-31-30(32-20-23)37-15-17-43-18-16-37/h2-4,7-8,19-21,24H,5-6,9-18H2,1H3,(H,33,41)/t21-,24-/m0/s1. The largest absolute Gasteiger partial charge is 0.378 e. The van der Waals surface area contributed by atoms with Gasteiger partial charge in [-0.05, 0) is 26.2 Å². The first-order chi connectivity index (χ1) is 21.0. The number of carbonyl (C=O) groups is 3. The van der Waals surface area contributed by atoms with Crippen molar-refractivity contribution in [2.24, 2.45) is 0 Å². The summed E-state index contributed by atoms with van der Waals surface area (Å²) >= 11 is 0. The molecule has 2 saturated heterocycles. The predicted octanol–water partition coefficient (Wildman–Crippen LogP) is 1.68. The monoisotopic (exact) mass is 587 g/mol. The first-order valence-corrected chi connectivity index (χ1v) is 15.0. The fourth-order valence-electron chi connectivity index (χ4n) is 5.90. The number of ether oxygens (including phenoxy) is 1. The van der Waals surface area contributed by atoms with Crippen LogP contribution in [0.3, 0.4) is 0 Å². The molecule has 1 aromatic carbocycles. The van der Waals surface area contributed by atoms with Crippen LogP contribution >= 0.6 is 0 Å². The minimum absolute atomic E-state index is 0.0671. The second kappa shape index (κ2) is 12.9. The quantitative estimate of drug-likeness (QED) is 0.485. The minimum Gasteiger partial charge on any atom is -0.378 e. The van der Waals surface area contributed by atoms with Crippen LogP contribution in [-0.4, -0.2) is 104 Å². The number of hydrogen-bond acceptors (Lipinski definition) is 9. The fraction of sp³-hybridized carbons (Fsp3) is 0.500. The molecule has 2 fully saturated rings. The van der Waals surface area contributed by atoms with Crippen LogP contribution < -0.4 is 10.2 Å². The van der Waals surface area contributed by atoms with Gasteiger partial charge in [0.2, 0.25) is 17.8 Å². The van der Waals surface area contributed by atoms with Crippen molar-refractivity contribution in [1.82, 2.24) is 39.8 Å². The molecule has 1 N–H and O–H groups in total. The number of amides is 3. The topological polar surface area (TPSA) is 139 Å². The molecule has 3 aliphatic rings. The molecule has 3 amide bonds.